The van der Waals surface area contributed by atoms with Crippen LogP contribution in [0.1, 0.15) is 26.0 Å². The molecule has 0 aliphatic rings. The summed E-state index contributed by atoms with van der Waals surface area (Å²) in [5.74, 6) is 0.718. The Labute approximate surface area is 118 Å². The molecule has 0 unspecified atom stereocenters. The van der Waals surface area contributed by atoms with Crippen LogP contribution in [0.15, 0.2) is 29.1 Å². The quantitative estimate of drug-likeness (QED) is 0.910. The first-order valence-corrected chi connectivity index (χ1v) is 6.88. The molecular formula is C15H21N3O2. The molecule has 0 saturated heterocycles. The Balaban J connectivity index is 2.68. The van der Waals surface area contributed by atoms with Crippen molar-refractivity contribution in [2.45, 2.75) is 33.2 Å². The van der Waals surface area contributed by atoms with Gasteiger partial charge in [-0.2, -0.15) is 0 Å². The number of anilines is 1. The van der Waals surface area contributed by atoms with E-state index in [9.17, 15) is 4.79 Å². The highest BCUT2D eigenvalue weighted by atomic mass is 16.5. The molecule has 0 aliphatic heterocycles. The lowest BCUT2D eigenvalue weighted by atomic mass is 10.3. The fourth-order valence-electron chi connectivity index (χ4n) is 2.43. The van der Waals surface area contributed by atoms with Crippen LogP contribution in [0.5, 0.6) is 5.75 Å². The second-order valence-electron chi connectivity index (χ2n) is 4.66. The average Bonchev–Trinajstić information content (AvgIpc) is 2.71. The van der Waals surface area contributed by atoms with Crippen LogP contribution in [0.4, 0.5) is 5.69 Å². The topological polar surface area (TPSA) is 62.2 Å². The Kier molecular flexibility index (Phi) is 4.17. The second kappa shape index (κ2) is 5.86. The van der Waals surface area contributed by atoms with Crippen molar-refractivity contribution in [3.05, 3.63) is 40.3 Å². The number of benzene rings is 1. The number of rotatable bonds is 5. The summed E-state index contributed by atoms with van der Waals surface area (Å²) in [6.45, 7) is 4.84. The van der Waals surface area contributed by atoms with Gasteiger partial charge in [0.25, 0.3) is 5.56 Å². The number of nitrogens with two attached hydrogens (primary N) is 1. The molecule has 0 spiro atoms. The summed E-state index contributed by atoms with van der Waals surface area (Å²) in [5.41, 5.74) is 7.80. The van der Waals surface area contributed by atoms with Crippen molar-refractivity contribution < 1.29 is 4.74 Å². The van der Waals surface area contributed by atoms with E-state index >= 15 is 0 Å². The van der Waals surface area contributed by atoms with E-state index in [1.165, 1.54) is 0 Å². The molecule has 0 radical (unpaired) electrons. The van der Waals surface area contributed by atoms with Crippen molar-refractivity contribution in [1.82, 2.24) is 9.36 Å². The molecular weight excluding hydrogens is 254 g/mol. The van der Waals surface area contributed by atoms with Crippen molar-refractivity contribution in [1.29, 1.82) is 0 Å². The third-order valence-corrected chi connectivity index (χ3v) is 3.35. The molecule has 0 fully saturated rings. The molecule has 0 bridgehead atoms. The van der Waals surface area contributed by atoms with Crippen molar-refractivity contribution in [2.75, 3.05) is 12.8 Å². The largest absolute Gasteiger partial charge is 0.497 e. The lowest BCUT2D eigenvalue weighted by Gasteiger charge is -2.14. The summed E-state index contributed by atoms with van der Waals surface area (Å²) in [6, 6.07) is 7.44. The lowest BCUT2D eigenvalue weighted by molar-refractivity contribution is 0.413. The van der Waals surface area contributed by atoms with E-state index in [0.29, 0.717) is 5.69 Å². The van der Waals surface area contributed by atoms with Crippen LogP contribution < -0.4 is 16.0 Å². The van der Waals surface area contributed by atoms with Gasteiger partial charge in [0.15, 0.2) is 0 Å². The Bertz CT molecular complexity index is 656. The van der Waals surface area contributed by atoms with Crippen molar-refractivity contribution in [3.63, 3.8) is 0 Å². The normalized spacial score (nSPS) is 10.8. The van der Waals surface area contributed by atoms with Crippen molar-refractivity contribution in [2.24, 2.45) is 0 Å². The zero-order chi connectivity index (χ0) is 14.7. The number of nitrogens with zero attached hydrogens (tertiary/aromatic N) is 2. The number of ether oxygens (including phenoxy) is 1. The van der Waals surface area contributed by atoms with E-state index in [-0.39, 0.29) is 5.56 Å². The van der Waals surface area contributed by atoms with Crippen LogP contribution in [-0.2, 0) is 13.0 Å². The van der Waals surface area contributed by atoms with Gasteiger partial charge in [0.2, 0.25) is 0 Å². The van der Waals surface area contributed by atoms with Crippen molar-refractivity contribution >= 4 is 5.69 Å². The standard InChI is InChI=1S/C15H21N3O2/c1-4-9-17-13(5-2)14(16)15(19)18(17)11-7-6-8-12(10-11)20-3/h6-8,10H,4-5,9,16H2,1-3H3. The molecule has 5 heteroatoms. The summed E-state index contributed by atoms with van der Waals surface area (Å²) < 4.78 is 8.83. The number of nitrogen functional groups attached to an aromatic ring is 1. The maximum absolute atomic E-state index is 12.4. The van der Waals surface area contributed by atoms with E-state index in [2.05, 4.69) is 6.92 Å². The molecule has 1 aromatic carbocycles. The number of hydrogen-bond acceptors (Lipinski definition) is 3. The maximum Gasteiger partial charge on any atom is 0.294 e. The van der Waals surface area contributed by atoms with E-state index < -0.39 is 0 Å². The summed E-state index contributed by atoms with van der Waals surface area (Å²) in [7, 11) is 1.61. The zero-order valence-corrected chi connectivity index (χ0v) is 12.2. The first-order chi connectivity index (χ1) is 9.63. The van der Waals surface area contributed by atoms with Gasteiger partial charge in [-0.3, -0.25) is 9.48 Å². The van der Waals surface area contributed by atoms with Crippen LogP contribution in [0.25, 0.3) is 5.69 Å². The molecule has 1 heterocycles. The first-order valence-electron chi connectivity index (χ1n) is 6.88. The predicted molar refractivity (Wildman–Crippen MR) is 80.7 cm³/mol. The number of methoxy groups -OCH3 is 1. The van der Waals surface area contributed by atoms with Crippen LogP contribution in [0, 0.1) is 0 Å². The molecule has 1 aromatic heterocycles. The number of aromatic nitrogens is 2. The van der Waals surface area contributed by atoms with Gasteiger partial charge in [0, 0.05) is 12.6 Å². The van der Waals surface area contributed by atoms with Gasteiger partial charge >= 0.3 is 0 Å². The average molecular weight is 275 g/mol. The van der Waals surface area contributed by atoms with Gasteiger partial charge in [-0.15, -0.1) is 0 Å². The summed E-state index contributed by atoms with van der Waals surface area (Å²) >= 11 is 0. The number of hydrogen-bond donors (Lipinski definition) is 1. The maximum atomic E-state index is 12.4. The molecule has 2 rings (SSSR count). The third-order valence-electron chi connectivity index (χ3n) is 3.35. The predicted octanol–water partition coefficient (Wildman–Crippen LogP) is 2.20. The minimum atomic E-state index is -0.163. The monoisotopic (exact) mass is 275 g/mol. The van der Waals surface area contributed by atoms with Gasteiger partial charge in [0.1, 0.15) is 11.4 Å². The SMILES string of the molecule is CCCn1c(CC)c(N)c(=O)n1-c1cccc(OC)c1. The lowest BCUT2D eigenvalue weighted by Crippen LogP contribution is -2.22. The highest BCUT2D eigenvalue weighted by Gasteiger charge is 2.17. The zero-order valence-electron chi connectivity index (χ0n) is 12.2. The molecule has 20 heavy (non-hydrogen) atoms. The second-order valence-corrected chi connectivity index (χ2v) is 4.66. The van der Waals surface area contributed by atoms with Crippen LogP contribution in [-0.4, -0.2) is 16.5 Å². The minimum Gasteiger partial charge on any atom is -0.497 e. The van der Waals surface area contributed by atoms with Gasteiger partial charge in [-0.05, 0) is 25.0 Å². The van der Waals surface area contributed by atoms with Crippen molar-refractivity contribution in [3.8, 4) is 11.4 Å². The molecule has 108 valence electrons. The molecule has 0 saturated carbocycles. The highest BCUT2D eigenvalue weighted by Crippen LogP contribution is 2.19. The first kappa shape index (κ1) is 14.2. The Morgan fingerprint density at radius 2 is 2.05 bits per heavy atom. The molecule has 0 aliphatic carbocycles. The van der Waals surface area contributed by atoms with Gasteiger partial charge in [-0.25, -0.2) is 4.68 Å². The summed E-state index contributed by atoms with van der Waals surface area (Å²) in [6.07, 6.45) is 1.67. The van der Waals surface area contributed by atoms with E-state index in [1.54, 1.807) is 11.8 Å². The third kappa shape index (κ3) is 2.31. The minimum absolute atomic E-state index is 0.163. The molecule has 0 atom stereocenters. The van der Waals surface area contributed by atoms with Crippen LogP contribution in [0.3, 0.4) is 0 Å². The van der Waals surface area contributed by atoms with Gasteiger partial charge in [-0.1, -0.05) is 19.9 Å². The van der Waals surface area contributed by atoms with Gasteiger partial charge in [0.05, 0.1) is 18.5 Å². The fourth-order valence-corrected chi connectivity index (χ4v) is 2.43. The van der Waals surface area contributed by atoms with Crippen LogP contribution >= 0.6 is 0 Å². The summed E-state index contributed by atoms with van der Waals surface area (Å²) in [4.78, 5) is 12.4. The van der Waals surface area contributed by atoms with Crippen LogP contribution in [0.2, 0.25) is 0 Å². The highest BCUT2D eigenvalue weighted by molar-refractivity contribution is 5.47. The van der Waals surface area contributed by atoms with E-state index in [4.69, 9.17) is 10.5 Å². The smallest absolute Gasteiger partial charge is 0.294 e. The summed E-state index contributed by atoms with van der Waals surface area (Å²) in [5, 5.41) is 0. The Morgan fingerprint density at radius 1 is 1.30 bits per heavy atom. The molecule has 2 aromatic rings. The molecule has 5 nitrogen and oxygen atoms in total. The Morgan fingerprint density at radius 3 is 2.65 bits per heavy atom. The molecule has 2 N–H and O–H groups in total. The fraction of sp³-hybridized carbons (Fsp3) is 0.400. The Hall–Kier alpha value is -2.17. The van der Waals surface area contributed by atoms with E-state index in [1.807, 2.05) is 35.9 Å². The van der Waals surface area contributed by atoms with E-state index in [0.717, 1.165) is 36.5 Å². The van der Waals surface area contributed by atoms with Gasteiger partial charge < -0.3 is 10.5 Å². The molecule has 0 amide bonds.